The fourth-order valence-electron chi connectivity index (χ4n) is 2.23. The maximum absolute atomic E-state index is 10.9. The SMILES string of the molecule is CC(=O)Nc1cc2c(cn1)C1(CC1)CN2. The van der Waals surface area contributed by atoms with Crippen LogP contribution in [0.4, 0.5) is 11.5 Å². The number of hydrogen-bond donors (Lipinski definition) is 2. The summed E-state index contributed by atoms with van der Waals surface area (Å²) in [5.74, 6) is 0.549. The molecule has 1 spiro atoms. The van der Waals surface area contributed by atoms with Crippen molar-refractivity contribution in [1.82, 2.24) is 4.98 Å². The highest BCUT2D eigenvalue weighted by Crippen LogP contribution is 2.54. The predicted molar refractivity (Wildman–Crippen MR) is 57.9 cm³/mol. The molecule has 4 nitrogen and oxygen atoms in total. The van der Waals surface area contributed by atoms with E-state index in [1.54, 1.807) is 0 Å². The smallest absolute Gasteiger partial charge is 0.222 e. The minimum absolute atomic E-state index is 0.0819. The van der Waals surface area contributed by atoms with Crippen molar-refractivity contribution in [1.29, 1.82) is 0 Å². The molecule has 2 N–H and O–H groups in total. The molecule has 15 heavy (non-hydrogen) atoms. The van der Waals surface area contributed by atoms with Gasteiger partial charge in [0.15, 0.2) is 0 Å². The number of nitrogens with zero attached hydrogens (tertiary/aromatic N) is 1. The van der Waals surface area contributed by atoms with Crippen LogP contribution in [-0.2, 0) is 10.2 Å². The van der Waals surface area contributed by atoms with E-state index in [9.17, 15) is 4.79 Å². The molecule has 0 aromatic carbocycles. The first kappa shape index (κ1) is 8.71. The molecule has 3 rings (SSSR count). The van der Waals surface area contributed by atoms with Crippen LogP contribution in [0, 0.1) is 0 Å². The van der Waals surface area contributed by atoms with Crippen molar-refractivity contribution in [2.75, 3.05) is 17.2 Å². The van der Waals surface area contributed by atoms with E-state index in [2.05, 4.69) is 15.6 Å². The average Bonchev–Trinajstić information content (AvgIpc) is 2.86. The molecule has 1 amide bonds. The van der Waals surface area contributed by atoms with Crippen LogP contribution in [0.1, 0.15) is 25.3 Å². The standard InChI is InChI=1S/C11H13N3O/c1-7(15)14-10-4-9-8(5-12-10)11(2-3-11)6-13-9/h4-5,13H,2-3,6H2,1H3,(H,12,14,15). The van der Waals surface area contributed by atoms with Crippen molar-refractivity contribution in [3.05, 3.63) is 17.8 Å². The summed E-state index contributed by atoms with van der Waals surface area (Å²) in [5.41, 5.74) is 2.82. The highest BCUT2D eigenvalue weighted by atomic mass is 16.1. The largest absolute Gasteiger partial charge is 0.384 e. The predicted octanol–water partition coefficient (Wildman–Crippen LogP) is 1.50. The van der Waals surface area contributed by atoms with Gasteiger partial charge in [0.05, 0.1) is 0 Å². The first-order valence-electron chi connectivity index (χ1n) is 5.22. The summed E-state index contributed by atoms with van der Waals surface area (Å²) in [4.78, 5) is 15.1. The zero-order chi connectivity index (χ0) is 10.5. The van der Waals surface area contributed by atoms with E-state index >= 15 is 0 Å². The first-order chi connectivity index (χ1) is 7.20. The Morgan fingerprint density at radius 3 is 3.07 bits per heavy atom. The van der Waals surface area contributed by atoms with E-state index in [-0.39, 0.29) is 5.91 Å². The topological polar surface area (TPSA) is 54.0 Å². The van der Waals surface area contributed by atoms with Crippen LogP contribution in [0.2, 0.25) is 0 Å². The van der Waals surface area contributed by atoms with Gasteiger partial charge in [-0.3, -0.25) is 4.79 Å². The lowest BCUT2D eigenvalue weighted by Crippen LogP contribution is -2.09. The number of fused-ring (bicyclic) bond motifs is 2. The van der Waals surface area contributed by atoms with Gasteiger partial charge < -0.3 is 10.6 Å². The summed E-state index contributed by atoms with van der Waals surface area (Å²) in [7, 11) is 0. The number of amides is 1. The number of carbonyl (C=O) groups excluding carboxylic acids is 1. The van der Waals surface area contributed by atoms with Gasteiger partial charge in [-0.25, -0.2) is 4.98 Å². The molecule has 0 bridgehead atoms. The third-order valence-corrected chi connectivity index (χ3v) is 3.25. The Morgan fingerprint density at radius 2 is 2.40 bits per heavy atom. The summed E-state index contributed by atoms with van der Waals surface area (Å²) in [6, 6.07) is 1.92. The number of pyridine rings is 1. The third-order valence-electron chi connectivity index (χ3n) is 3.25. The quantitative estimate of drug-likeness (QED) is 0.727. The second kappa shape index (κ2) is 2.72. The highest BCUT2D eigenvalue weighted by Gasteiger charge is 2.49. The average molecular weight is 203 g/mol. The van der Waals surface area contributed by atoms with Crippen LogP contribution in [-0.4, -0.2) is 17.4 Å². The lowest BCUT2D eigenvalue weighted by molar-refractivity contribution is -0.114. The Labute approximate surface area is 88.1 Å². The van der Waals surface area contributed by atoms with Gasteiger partial charge >= 0.3 is 0 Å². The van der Waals surface area contributed by atoms with Crippen LogP contribution in [0.25, 0.3) is 0 Å². The number of rotatable bonds is 1. The number of hydrogen-bond acceptors (Lipinski definition) is 3. The molecule has 0 radical (unpaired) electrons. The van der Waals surface area contributed by atoms with Crippen molar-refractivity contribution < 1.29 is 4.79 Å². The van der Waals surface area contributed by atoms with Crippen LogP contribution >= 0.6 is 0 Å². The van der Waals surface area contributed by atoms with Gasteiger partial charge in [-0.2, -0.15) is 0 Å². The Hall–Kier alpha value is -1.58. The molecule has 1 aromatic rings. The van der Waals surface area contributed by atoms with Crippen molar-refractivity contribution >= 4 is 17.4 Å². The minimum atomic E-state index is -0.0819. The fraction of sp³-hybridized carbons (Fsp3) is 0.455. The van der Waals surface area contributed by atoms with Gasteiger partial charge in [0, 0.05) is 42.4 Å². The Balaban J connectivity index is 1.95. The monoisotopic (exact) mass is 203 g/mol. The van der Waals surface area contributed by atoms with Gasteiger partial charge in [0.25, 0.3) is 0 Å². The Morgan fingerprint density at radius 1 is 1.60 bits per heavy atom. The zero-order valence-corrected chi connectivity index (χ0v) is 8.63. The summed E-state index contributed by atoms with van der Waals surface area (Å²) in [6.45, 7) is 2.51. The molecule has 1 fully saturated rings. The maximum Gasteiger partial charge on any atom is 0.222 e. The normalized spacial score (nSPS) is 19.5. The number of anilines is 2. The van der Waals surface area contributed by atoms with E-state index in [1.807, 2.05) is 12.3 Å². The van der Waals surface area contributed by atoms with Crippen molar-refractivity contribution in [2.45, 2.75) is 25.2 Å². The van der Waals surface area contributed by atoms with E-state index in [1.165, 1.54) is 25.3 Å². The maximum atomic E-state index is 10.9. The Bertz CT molecular complexity index is 437. The molecule has 78 valence electrons. The molecular formula is C11H13N3O. The molecule has 1 aromatic heterocycles. The molecule has 1 saturated carbocycles. The summed E-state index contributed by atoms with van der Waals surface area (Å²) >= 11 is 0. The Kier molecular flexibility index (Phi) is 1.58. The van der Waals surface area contributed by atoms with Crippen LogP contribution in [0.15, 0.2) is 12.3 Å². The zero-order valence-electron chi connectivity index (χ0n) is 8.63. The first-order valence-corrected chi connectivity index (χ1v) is 5.22. The highest BCUT2D eigenvalue weighted by molar-refractivity contribution is 5.88. The van der Waals surface area contributed by atoms with Gasteiger partial charge in [-0.1, -0.05) is 0 Å². The van der Waals surface area contributed by atoms with E-state index in [4.69, 9.17) is 0 Å². The number of carbonyl (C=O) groups is 1. The second-order valence-electron chi connectivity index (χ2n) is 4.43. The minimum Gasteiger partial charge on any atom is -0.384 e. The molecule has 2 heterocycles. The van der Waals surface area contributed by atoms with Crippen LogP contribution in [0.5, 0.6) is 0 Å². The van der Waals surface area contributed by atoms with Gasteiger partial charge in [0.1, 0.15) is 5.82 Å². The molecule has 4 heteroatoms. The van der Waals surface area contributed by atoms with Crippen molar-refractivity contribution in [2.24, 2.45) is 0 Å². The molecular weight excluding hydrogens is 190 g/mol. The summed E-state index contributed by atoms with van der Waals surface area (Å²) in [6.07, 6.45) is 4.41. The van der Waals surface area contributed by atoms with Gasteiger partial charge in [-0.15, -0.1) is 0 Å². The molecule has 2 aliphatic rings. The lowest BCUT2D eigenvalue weighted by Gasteiger charge is -2.06. The number of aromatic nitrogens is 1. The van der Waals surface area contributed by atoms with E-state index in [0.717, 1.165) is 12.2 Å². The summed E-state index contributed by atoms with van der Waals surface area (Å²) in [5, 5.41) is 6.07. The lowest BCUT2D eigenvalue weighted by atomic mass is 10.0. The number of nitrogens with one attached hydrogen (secondary N) is 2. The second-order valence-corrected chi connectivity index (χ2v) is 4.43. The van der Waals surface area contributed by atoms with E-state index in [0.29, 0.717) is 11.2 Å². The van der Waals surface area contributed by atoms with Gasteiger partial charge in [-0.05, 0) is 12.8 Å². The van der Waals surface area contributed by atoms with Gasteiger partial charge in [0.2, 0.25) is 5.91 Å². The van der Waals surface area contributed by atoms with E-state index < -0.39 is 0 Å². The van der Waals surface area contributed by atoms with Crippen LogP contribution < -0.4 is 10.6 Å². The van der Waals surface area contributed by atoms with Crippen molar-refractivity contribution in [3.63, 3.8) is 0 Å². The molecule has 1 aliphatic carbocycles. The third kappa shape index (κ3) is 1.28. The molecule has 0 saturated heterocycles. The molecule has 0 unspecified atom stereocenters. The fourth-order valence-corrected chi connectivity index (χ4v) is 2.23. The van der Waals surface area contributed by atoms with Crippen LogP contribution in [0.3, 0.4) is 0 Å². The van der Waals surface area contributed by atoms with Crippen molar-refractivity contribution in [3.8, 4) is 0 Å². The summed E-state index contributed by atoms with van der Waals surface area (Å²) < 4.78 is 0. The molecule has 0 atom stereocenters. The molecule has 1 aliphatic heterocycles.